The molecule has 0 radical (unpaired) electrons. The minimum Gasteiger partial charge on any atom is -0.387 e. The molecule has 0 bridgehead atoms. The van der Waals surface area contributed by atoms with Crippen LogP contribution in [0.4, 0.5) is 4.39 Å². The molecule has 2 N–H and O–H groups in total. The van der Waals surface area contributed by atoms with Crippen LogP contribution in [-0.2, 0) is 0 Å². The maximum Gasteiger partial charge on any atom is 0.174 e. The van der Waals surface area contributed by atoms with Gasteiger partial charge in [0.25, 0.3) is 0 Å². The van der Waals surface area contributed by atoms with E-state index in [0.29, 0.717) is 16.1 Å². The number of ketones is 1. The summed E-state index contributed by atoms with van der Waals surface area (Å²) in [5.74, 6) is -2.13. The van der Waals surface area contributed by atoms with Gasteiger partial charge in [0.2, 0.25) is 0 Å². The number of aromatic nitrogens is 1. The molecule has 4 nitrogen and oxygen atoms in total. The molecule has 3 aromatic rings. The van der Waals surface area contributed by atoms with Crippen molar-refractivity contribution in [3.05, 3.63) is 101 Å². The van der Waals surface area contributed by atoms with E-state index in [1.807, 2.05) is 0 Å². The third kappa shape index (κ3) is 4.27. The van der Waals surface area contributed by atoms with Gasteiger partial charge in [-0.2, -0.15) is 0 Å². The van der Waals surface area contributed by atoms with Crippen molar-refractivity contribution in [2.45, 2.75) is 6.10 Å². The smallest absolute Gasteiger partial charge is 0.174 e. The molecule has 3 rings (SSSR count). The number of aliphatic hydroxyl groups is 1. The molecule has 0 aliphatic carbocycles. The first-order valence-corrected chi connectivity index (χ1v) is 8.57. The Morgan fingerprint density at radius 3 is 2.26 bits per heavy atom. The maximum atomic E-state index is 13.2. The molecule has 1 aromatic heterocycles. The van der Waals surface area contributed by atoms with Crippen molar-refractivity contribution < 1.29 is 14.3 Å². The Hall–Kier alpha value is -2.89. The lowest BCUT2D eigenvalue weighted by atomic mass is 9.83. The first kappa shape index (κ1) is 18.9. The summed E-state index contributed by atoms with van der Waals surface area (Å²) >= 11 is 5.90. The molecule has 0 fully saturated rings. The van der Waals surface area contributed by atoms with Crippen LogP contribution >= 0.6 is 11.6 Å². The Morgan fingerprint density at radius 2 is 1.67 bits per heavy atom. The molecule has 0 saturated carbocycles. The molecule has 0 saturated heterocycles. The number of nitrogens with one attached hydrogen (secondary N) is 1. The summed E-state index contributed by atoms with van der Waals surface area (Å²) < 4.78 is 13.2. The quantitative estimate of drug-likeness (QED) is 0.487. The van der Waals surface area contributed by atoms with E-state index in [9.17, 15) is 14.3 Å². The number of carbonyl (C=O) groups is 1. The number of benzene rings is 2. The standard InChI is InChI=1S/C21H16ClFN2O2/c22-16-7-3-13(4-8-16)19(24)18(21(27)15-2-1-11-25-12-15)20(26)14-5-9-17(23)10-6-14/h1-12,18,21,24,27H. The molecule has 2 atom stereocenters. The molecule has 0 amide bonds. The van der Waals surface area contributed by atoms with Crippen molar-refractivity contribution in [1.29, 1.82) is 5.41 Å². The van der Waals surface area contributed by atoms with Crippen molar-refractivity contribution in [3.63, 3.8) is 0 Å². The van der Waals surface area contributed by atoms with Gasteiger partial charge in [-0.25, -0.2) is 4.39 Å². The molecule has 136 valence electrons. The van der Waals surface area contributed by atoms with E-state index in [1.54, 1.807) is 42.6 Å². The predicted octanol–water partition coefficient (Wildman–Crippen LogP) is 4.47. The highest BCUT2D eigenvalue weighted by Crippen LogP contribution is 2.29. The van der Waals surface area contributed by atoms with Crippen LogP contribution in [-0.4, -0.2) is 21.6 Å². The fourth-order valence-corrected chi connectivity index (χ4v) is 2.90. The highest BCUT2D eigenvalue weighted by Gasteiger charge is 2.33. The van der Waals surface area contributed by atoms with Crippen LogP contribution in [0.1, 0.15) is 27.6 Å². The third-order valence-electron chi connectivity index (χ3n) is 4.22. The van der Waals surface area contributed by atoms with Gasteiger partial charge in [-0.05, 0) is 53.6 Å². The van der Waals surface area contributed by atoms with Gasteiger partial charge >= 0.3 is 0 Å². The Labute approximate surface area is 160 Å². The lowest BCUT2D eigenvalue weighted by Crippen LogP contribution is -2.31. The zero-order chi connectivity index (χ0) is 19.4. The van der Waals surface area contributed by atoms with Crippen LogP contribution in [0.2, 0.25) is 5.02 Å². The normalized spacial score (nSPS) is 13.0. The zero-order valence-corrected chi connectivity index (χ0v) is 14.9. The van der Waals surface area contributed by atoms with Crippen LogP contribution in [0.3, 0.4) is 0 Å². The topological polar surface area (TPSA) is 74.0 Å². The van der Waals surface area contributed by atoms with Crippen LogP contribution < -0.4 is 0 Å². The second-order valence-electron chi connectivity index (χ2n) is 6.00. The van der Waals surface area contributed by atoms with Gasteiger partial charge in [-0.1, -0.05) is 29.8 Å². The highest BCUT2D eigenvalue weighted by molar-refractivity contribution is 6.30. The van der Waals surface area contributed by atoms with E-state index in [4.69, 9.17) is 17.0 Å². The van der Waals surface area contributed by atoms with Gasteiger partial charge in [0, 0.05) is 23.0 Å². The largest absolute Gasteiger partial charge is 0.387 e. The first-order valence-electron chi connectivity index (χ1n) is 8.19. The van der Waals surface area contributed by atoms with E-state index in [2.05, 4.69) is 4.98 Å². The molecule has 0 spiro atoms. The molecule has 2 aromatic carbocycles. The number of nitrogens with zero attached hydrogens (tertiary/aromatic N) is 1. The fourth-order valence-electron chi connectivity index (χ4n) is 2.78. The zero-order valence-electron chi connectivity index (χ0n) is 14.1. The van der Waals surface area contributed by atoms with Crippen molar-refractivity contribution in [1.82, 2.24) is 4.98 Å². The van der Waals surface area contributed by atoms with E-state index >= 15 is 0 Å². The average molecular weight is 383 g/mol. The van der Waals surface area contributed by atoms with Crippen molar-refractivity contribution in [3.8, 4) is 0 Å². The van der Waals surface area contributed by atoms with Crippen molar-refractivity contribution >= 4 is 23.1 Å². The van der Waals surface area contributed by atoms with Gasteiger partial charge < -0.3 is 10.5 Å². The summed E-state index contributed by atoms with van der Waals surface area (Å²) in [6, 6.07) is 14.8. The summed E-state index contributed by atoms with van der Waals surface area (Å²) in [7, 11) is 0. The Bertz CT molecular complexity index is 887. The summed E-state index contributed by atoms with van der Waals surface area (Å²) in [4.78, 5) is 17.0. The van der Waals surface area contributed by atoms with Crippen molar-refractivity contribution in [2.75, 3.05) is 0 Å². The molecule has 27 heavy (non-hydrogen) atoms. The molecule has 0 aliphatic heterocycles. The summed E-state index contributed by atoms with van der Waals surface area (Å²) in [5.41, 5.74) is 1.03. The minimum absolute atomic E-state index is 0.0580. The molecule has 2 unspecified atom stereocenters. The monoisotopic (exact) mass is 382 g/mol. The number of aliphatic hydroxyl groups excluding tert-OH is 1. The number of halogens is 2. The van der Waals surface area contributed by atoms with Crippen molar-refractivity contribution in [2.24, 2.45) is 5.92 Å². The van der Waals surface area contributed by atoms with Gasteiger partial charge in [0.15, 0.2) is 5.78 Å². The first-order chi connectivity index (χ1) is 13.0. The fraction of sp³-hybridized carbons (Fsp3) is 0.0952. The summed E-state index contributed by atoms with van der Waals surface area (Å²) in [6.07, 6.45) is 1.72. The lowest BCUT2D eigenvalue weighted by molar-refractivity contribution is 0.0793. The molecular formula is C21H16ClFN2O2. The van der Waals surface area contributed by atoms with E-state index in [0.717, 1.165) is 0 Å². The summed E-state index contributed by atoms with van der Waals surface area (Å²) in [5, 5.41) is 19.9. The van der Waals surface area contributed by atoms with E-state index in [1.165, 1.54) is 30.5 Å². The number of rotatable bonds is 6. The molecule has 1 heterocycles. The van der Waals surface area contributed by atoms with Gasteiger partial charge in [0.1, 0.15) is 5.82 Å². The number of carbonyl (C=O) groups excluding carboxylic acids is 1. The number of pyridine rings is 1. The predicted molar refractivity (Wildman–Crippen MR) is 102 cm³/mol. The number of hydrogen-bond acceptors (Lipinski definition) is 4. The number of Topliss-reactive ketones (excluding diaryl/α,β-unsaturated/α-hetero) is 1. The van der Waals surface area contributed by atoms with E-state index in [-0.39, 0.29) is 11.3 Å². The van der Waals surface area contributed by atoms with Gasteiger partial charge in [-0.15, -0.1) is 0 Å². The SMILES string of the molecule is N=C(c1ccc(Cl)cc1)C(C(=O)c1ccc(F)cc1)C(O)c1cccnc1. The molecular weight excluding hydrogens is 367 g/mol. The maximum absolute atomic E-state index is 13.2. The Kier molecular flexibility index (Phi) is 5.74. The Morgan fingerprint density at radius 1 is 1.04 bits per heavy atom. The van der Waals surface area contributed by atoms with Gasteiger partial charge in [-0.3, -0.25) is 9.78 Å². The summed E-state index contributed by atoms with van der Waals surface area (Å²) in [6.45, 7) is 0. The third-order valence-corrected chi connectivity index (χ3v) is 4.47. The second-order valence-corrected chi connectivity index (χ2v) is 6.44. The van der Waals surface area contributed by atoms with Crippen LogP contribution in [0, 0.1) is 17.1 Å². The van der Waals surface area contributed by atoms with Crippen LogP contribution in [0.25, 0.3) is 0 Å². The molecule has 0 aliphatic rings. The van der Waals surface area contributed by atoms with Crippen LogP contribution in [0.15, 0.2) is 73.1 Å². The van der Waals surface area contributed by atoms with Gasteiger partial charge in [0.05, 0.1) is 17.7 Å². The lowest BCUT2D eigenvalue weighted by Gasteiger charge is -2.23. The average Bonchev–Trinajstić information content (AvgIpc) is 2.69. The molecule has 6 heteroatoms. The minimum atomic E-state index is -1.28. The second kappa shape index (κ2) is 8.20. The number of hydrogen-bond donors (Lipinski definition) is 2. The van der Waals surface area contributed by atoms with Crippen LogP contribution in [0.5, 0.6) is 0 Å². The highest BCUT2D eigenvalue weighted by atomic mass is 35.5. The Balaban J connectivity index is 2.02. The van der Waals surface area contributed by atoms with E-state index < -0.39 is 23.6 Å².